The minimum Gasteiger partial charge on any atom is -0.497 e. The smallest absolute Gasteiger partial charge is 0.274 e. The van der Waals surface area contributed by atoms with Crippen LogP contribution < -0.4 is 15.6 Å². The van der Waals surface area contributed by atoms with E-state index in [2.05, 4.69) is 15.3 Å². The van der Waals surface area contributed by atoms with Crippen LogP contribution in [0, 0.1) is 0 Å². The Bertz CT molecular complexity index is 1220. The van der Waals surface area contributed by atoms with Crippen molar-refractivity contribution in [3.05, 3.63) is 100 Å². The molecule has 0 saturated carbocycles. The van der Waals surface area contributed by atoms with Gasteiger partial charge in [0.15, 0.2) is 0 Å². The molecule has 1 aromatic heterocycles. The lowest BCUT2D eigenvalue weighted by molar-refractivity contribution is 0.102. The van der Waals surface area contributed by atoms with Gasteiger partial charge in [-0.15, -0.1) is 0 Å². The molecular formula is C23H19N3O3. The van der Waals surface area contributed by atoms with Crippen LogP contribution in [0.25, 0.3) is 10.8 Å². The van der Waals surface area contributed by atoms with Gasteiger partial charge in [0.2, 0.25) is 0 Å². The number of rotatable bonds is 5. The van der Waals surface area contributed by atoms with E-state index in [0.717, 1.165) is 22.1 Å². The van der Waals surface area contributed by atoms with Crippen molar-refractivity contribution in [3.8, 4) is 5.75 Å². The molecule has 0 bridgehead atoms. The molecule has 0 fully saturated rings. The third-order valence-electron chi connectivity index (χ3n) is 4.59. The Morgan fingerprint density at radius 2 is 1.79 bits per heavy atom. The highest BCUT2D eigenvalue weighted by molar-refractivity contribution is 6.08. The fraction of sp³-hybridized carbons (Fsp3) is 0.0870. The number of carbonyl (C=O) groups excluding carboxylic acids is 1. The number of fused-ring (bicyclic) bond motifs is 1. The molecule has 3 aromatic carbocycles. The number of hydrogen-bond acceptors (Lipinski definition) is 4. The van der Waals surface area contributed by atoms with Crippen molar-refractivity contribution >= 4 is 22.4 Å². The predicted molar refractivity (Wildman–Crippen MR) is 113 cm³/mol. The number of benzene rings is 3. The summed E-state index contributed by atoms with van der Waals surface area (Å²) >= 11 is 0. The number of nitrogens with one attached hydrogen (secondary N) is 2. The van der Waals surface area contributed by atoms with Crippen LogP contribution in [-0.4, -0.2) is 23.0 Å². The lowest BCUT2D eigenvalue weighted by atomic mass is 10.1. The largest absolute Gasteiger partial charge is 0.497 e. The molecule has 4 aromatic rings. The maximum atomic E-state index is 12.8. The fourth-order valence-electron chi connectivity index (χ4n) is 3.17. The maximum absolute atomic E-state index is 12.8. The number of aromatic amines is 1. The third kappa shape index (κ3) is 4.16. The number of amides is 1. The number of H-pyrrole nitrogens is 1. The van der Waals surface area contributed by atoms with E-state index in [1.54, 1.807) is 7.11 Å². The molecule has 29 heavy (non-hydrogen) atoms. The van der Waals surface area contributed by atoms with Crippen molar-refractivity contribution in [3.63, 3.8) is 0 Å². The van der Waals surface area contributed by atoms with Gasteiger partial charge in [-0.3, -0.25) is 9.59 Å². The summed E-state index contributed by atoms with van der Waals surface area (Å²) in [7, 11) is 1.60. The van der Waals surface area contributed by atoms with Gasteiger partial charge in [-0.2, -0.15) is 0 Å². The molecule has 0 aliphatic heterocycles. The Hall–Kier alpha value is -3.93. The van der Waals surface area contributed by atoms with E-state index in [-0.39, 0.29) is 11.3 Å². The molecule has 144 valence electrons. The van der Waals surface area contributed by atoms with Gasteiger partial charge in [0.25, 0.3) is 11.5 Å². The van der Waals surface area contributed by atoms with E-state index in [9.17, 15) is 9.59 Å². The molecule has 0 radical (unpaired) electrons. The molecule has 6 heteroatoms. The topological polar surface area (TPSA) is 84.1 Å². The molecule has 1 amide bonds. The maximum Gasteiger partial charge on any atom is 0.274 e. The summed E-state index contributed by atoms with van der Waals surface area (Å²) in [6.45, 7) is 0. The van der Waals surface area contributed by atoms with Gasteiger partial charge >= 0.3 is 0 Å². The van der Waals surface area contributed by atoms with E-state index < -0.39 is 5.91 Å². The Kier molecular flexibility index (Phi) is 5.07. The summed E-state index contributed by atoms with van der Waals surface area (Å²) in [5.41, 5.74) is 1.32. The van der Waals surface area contributed by atoms with E-state index >= 15 is 0 Å². The summed E-state index contributed by atoms with van der Waals surface area (Å²) < 4.78 is 5.15. The van der Waals surface area contributed by atoms with Crippen LogP contribution in [0.3, 0.4) is 0 Å². The van der Waals surface area contributed by atoms with Gasteiger partial charge in [-0.05, 0) is 29.1 Å². The summed E-state index contributed by atoms with van der Waals surface area (Å²) in [6, 6.07) is 22.1. The molecule has 0 spiro atoms. The van der Waals surface area contributed by atoms with Gasteiger partial charge in [-0.1, -0.05) is 48.5 Å². The monoisotopic (exact) mass is 385 g/mol. The Morgan fingerprint density at radius 1 is 1.03 bits per heavy atom. The molecule has 2 N–H and O–H groups in total. The molecule has 0 unspecified atom stereocenters. The summed E-state index contributed by atoms with van der Waals surface area (Å²) in [4.78, 5) is 31.9. The molecule has 0 saturated heterocycles. The second-order valence-electron chi connectivity index (χ2n) is 6.58. The minimum absolute atomic E-state index is 0.0743. The zero-order valence-corrected chi connectivity index (χ0v) is 15.8. The SMILES string of the molecule is COc1ccc(Cc2nc(C(=O)Nc3cccc4ccccc34)cc(=O)[nH]2)cc1. The number of nitrogens with zero attached hydrogens (tertiary/aromatic N) is 1. The molecule has 1 heterocycles. The van der Waals surface area contributed by atoms with Gasteiger partial charge in [0.05, 0.1) is 7.11 Å². The van der Waals surface area contributed by atoms with Gasteiger partial charge in [0, 0.05) is 23.6 Å². The summed E-state index contributed by atoms with van der Waals surface area (Å²) in [5, 5.41) is 4.80. The van der Waals surface area contributed by atoms with Crippen molar-refractivity contribution in [2.24, 2.45) is 0 Å². The van der Waals surface area contributed by atoms with Crippen LogP contribution in [0.1, 0.15) is 21.9 Å². The Balaban J connectivity index is 1.59. The predicted octanol–water partition coefficient (Wildman–Crippen LogP) is 3.77. The van der Waals surface area contributed by atoms with E-state index in [1.165, 1.54) is 6.07 Å². The van der Waals surface area contributed by atoms with Crippen LogP contribution in [0.15, 0.2) is 77.6 Å². The van der Waals surface area contributed by atoms with Crippen molar-refractivity contribution < 1.29 is 9.53 Å². The standard InChI is InChI=1S/C23H19N3O3/c1-29-17-11-9-15(10-12-17)13-21-24-20(14-22(27)26-21)23(28)25-19-8-4-6-16-5-2-3-7-18(16)19/h2-12,14H,13H2,1H3,(H,25,28)(H,24,26,27). The number of methoxy groups -OCH3 is 1. The normalized spacial score (nSPS) is 10.7. The van der Waals surface area contributed by atoms with Crippen LogP contribution in [0.2, 0.25) is 0 Å². The van der Waals surface area contributed by atoms with E-state index in [0.29, 0.717) is 17.9 Å². The van der Waals surface area contributed by atoms with Crippen molar-refractivity contribution in [2.75, 3.05) is 12.4 Å². The molecule has 0 atom stereocenters. The zero-order chi connectivity index (χ0) is 20.2. The van der Waals surface area contributed by atoms with Gasteiger partial charge in [0.1, 0.15) is 17.3 Å². The molecule has 0 aliphatic rings. The second kappa shape index (κ2) is 7.98. The first-order valence-electron chi connectivity index (χ1n) is 9.15. The van der Waals surface area contributed by atoms with Crippen LogP contribution >= 0.6 is 0 Å². The van der Waals surface area contributed by atoms with Gasteiger partial charge < -0.3 is 15.0 Å². The number of carbonyl (C=O) groups is 1. The fourth-order valence-corrected chi connectivity index (χ4v) is 3.17. The average Bonchev–Trinajstić information content (AvgIpc) is 2.74. The van der Waals surface area contributed by atoms with Crippen LogP contribution in [0.5, 0.6) is 5.75 Å². The average molecular weight is 385 g/mol. The Labute approximate surface area is 167 Å². The highest BCUT2D eigenvalue weighted by atomic mass is 16.5. The molecule has 0 aliphatic carbocycles. The van der Waals surface area contributed by atoms with Crippen LogP contribution in [-0.2, 0) is 6.42 Å². The van der Waals surface area contributed by atoms with Crippen molar-refractivity contribution in [2.45, 2.75) is 6.42 Å². The quantitative estimate of drug-likeness (QED) is 0.548. The number of ether oxygens (including phenoxy) is 1. The minimum atomic E-state index is -0.427. The second-order valence-corrected chi connectivity index (χ2v) is 6.58. The highest BCUT2D eigenvalue weighted by Crippen LogP contribution is 2.23. The first-order valence-corrected chi connectivity index (χ1v) is 9.15. The third-order valence-corrected chi connectivity index (χ3v) is 4.59. The first kappa shape index (κ1) is 18.4. The number of aromatic nitrogens is 2. The van der Waals surface area contributed by atoms with E-state index in [1.807, 2.05) is 66.7 Å². The zero-order valence-electron chi connectivity index (χ0n) is 15.8. The van der Waals surface area contributed by atoms with E-state index in [4.69, 9.17) is 4.74 Å². The van der Waals surface area contributed by atoms with Crippen molar-refractivity contribution in [1.29, 1.82) is 0 Å². The highest BCUT2D eigenvalue weighted by Gasteiger charge is 2.12. The Morgan fingerprint density at radius 3 is 2.59 bits per heavy atom. The number of anilines is 1. The number of hydrogen-bond donors (Lipinski definition) is 2. The van der Waals surface area contributed by atoms with Gasteiger partial charge in [-0.25, -0.2) is 4.98 Å². The molecular weight excluding hydrogens is 366 g/mol. The molecule has 4 rings (SSSR count). The summed E-state index contributed by atoms with van der Waals surface area (Å²) in [6.07, 6.45) is 0.397. The summed E-state index contributed by atoms with van der Waals surface area (Å²) in [5.74, 6) is 0.743. The lowest BCUT2D eigenvalue weighted by Gasteiger charge is -2.09. The lowest BCUT2D eigenvalue weighted by Crippen LogP contribution is -2.20. The van der Waals surface area contributed by atoms with Crippen molar-refractivity contribution in [1.82, 2.24) is 9.97 Å². The van der Waals surface area contributed by atoms with Crippen LogP contribution in [0.4, 0.5) is 5.69 Å². The molecule has 6 nitrogen and oxygen atoms in total. The first-order chi connectivity index (χ1) is 14.1.